The highest BCUT2D eigenvalue weighted by Gasteiger charge is 2.48. The molecule has 3 aromatic rings. The molecule has 1 unspecified atom stereocenters. The van der Waals surface area contributed by atoms with Gasteiger partial charge in [-0.1, -0.05) is 0 Å². The van der Waals surface area contributed by atoms with Crippen LogP contribution in [0.4, 0.5) is 8.78 Å². The summed E-state index contributed by atoms with van der Waals surface area (Å²) in [7, 11) is 0. The Balaban J connectivity index is 1.87. The number of hydrogen-bond donors (Lipinski definition) is 2. The first-order chi connectivity index (χ1) is 13.8. The topological polar surface area (TPSA) is 108 Å². The standard InChI is InChI=1S/C20H18F2N2O5/c1-10-15(18(23)25)17-14(29-10)5-4-13(16(17)12-8-27-9-20(12,21)22)28-7-11-3-2-6-24-19(11)26/h2-6,12H,7-9H2,1H3,(H2,23,25)(H,24,26). The number of benzene rings is 1. The summed E-state index contributed by atoms with van der Waals surface area (Å²) in [5.41, 5.74) is 6.26. The van der Waals surface area contributed by atoms with Gasteiger partial charge in [0.25, 0.3) is 11.8 Å². The number of primary amides is 1. The second-order valence-electron chi connectivity index (χ2n) is 6.85. The maximum absolute atomic E-state index is 14.6. The van der Waals surface area contributed by atoms with Crippen molar-refractivity contribution in [3.05, 3.63) is 52.9 Å². The minimum Gasteiger partial charge on any atom is -0.493 e. The number of hydrogen-bond acceptors (Lipinski definition) is 6. The zero-order chi connectivity index (χ0) is 20.8. The van der Waals surface area contributed by atoms with Crippen molar-refractivity contribution in [2.45, 2.75) is 25.4 Å². The smallest absolute Gasteiger partial charge is 0.280 e. The van der Waals surface area contributed by atoms with E-state index >= 15 is 0 Å². The van der Waals surface area contributed by atoms with Gasteiger partial charge < -0.3 is 24.7 Å². The lowest BCUT2D eigenvalue weighted by Crippen LogP contribution is -2.25. The lowest BCUT2D eigenvalue weighted by molar-refractivity contribution is -0.0184. The van der Waals surface area contributed by atoms with E-state index in [4.69, 9.17) is 19.6 Å². The van der Waals surface area contributed by atoms with Crippen LogP contribution in [0.15, 0.2) is 34.9 Å². The van der Waals surface area contributed by atoms with Crippen LogP contribution < -0.4 is 10.5 Å². The molecule has 3 heterocycles. The Hall–Kier alpha value is -3.20. The summed E-state index contributed by atoms with van der Waals surface area (Å²) >= 11 is 0. The zero-order valence-corrected chi connectivity index (χ0v) is 15.4. The monoisotopic (exact) mass is 404 g/mol. The molecule has 2 aromatic heterocycles. The number of nitrogens with zero attached hydrogens (tertiary/aromatic N) is 1. The summed E-state index contributed by atoms with van der Waals surface area (Å²) in [5.74, 6) is -5.16. The molecule has 1 aliphatic rings. The fourth-order valence-electron chi connectivity index (χ4n) is 3.61. The number of carbonyl (C=O) groups excluding carboxylic acids is 1. The summed E-state index contributed by atoms with van der Waals surface area (Å²) in [5, 5.41) is 10.0. The van der Waals surface area contributed by atoms with E-state index in [1.54, 1.807) is 19.1 Å². The molecule has 0 saturated carbocycles. The molecular formula is C20H18F2N2O5. The average Bonchev–Trinajstić information content (AvgIpc) is 3.18. The molecule has 1 aromatic carbocycles. The first-order valence-electron chi connectivity index (χ1n) is 8.86. The van der Waals surface area contributed by atoms with Crippen LogP contribution >= 0.6 is 0 Å². The molecule has 0 aliphatic carbocycles. The Labute approximate surface area is 164 Å². The second-order valence-corrected chi connectivity index (χ2v) is 6.85. The predicted octanol–water partition coefficient (Wildman–Crippen LogP) is 3.27. The van der Waals surface area contributed by atoms with E-state index in [2.05, 4.69) is 4.98 Å². The highest BCUT2D eigenvalue weighted by molar-refractivity contribution is 6.08. The van der Waals surface area contributed by atoms with Gasteiger partial charge in [-0.05, 0) is 31.2 Å². The molecule has 29 heavy (non-hydrogen) atoms. The summed E-state index contributed by atoms with van der Waals surface area (Å²) in [6.45, 7) is 0.449. The largest absolute Gasteiger partial charge is 0.493 e. The van der Waals surface area contributed by atoms with Crippen molar-refractivity contribution in [3.63, 3.8) is 0 Å². The van der Waals surface area contributed by atoms with Gasteiger partial charge in [-0.3, -0.25) is 4.79 Å². The zero-order valence-electron chi connectivity index (χ0n) is 15.4. The van der Waals surface area contributed by atoms with E-state index < -0.39 is 24.4 Å². The van der Waals surface area contributed by atoms with E-state index in [0.29, 0.717) is 5.56 Å². The molecule has 0 bridgehead atoms. The van der Waals surface area contributed by atoms with Crippen LogP contribution in [-0.2, 0) is 11.3 Å². The van der Waals surface area contributed by atoms with Crippen LogP contribution in [0, 0.1) is 6.92 Å². The number of pyridine rings is 1. The van der Waals surface area contributed by atoms with Crippen molar-refractivity contribution in [1.82, 2.24) is 4.98 Å². The summed E-state index contributed by atoms with van der Waals surface area (Å²) < 4.78 is 45.6. The maximum Gasteiger partial charge on any atom is 0.280 e. The summed E-state index contributed by atoms with van der Waals surface area (Å²) in [6, 6.07) is 6.24. The van der Waals surface area contributed by atoms with Gasteiger partial charge in [0.1, 0.15) is 30.3 Å². The molecule has 9 heteroatoms. The van der Waals surface area contributed by atoms with E-state index in [9.17, 15) is 18.7 Å². The lowest BCUT2D eigenvalue weighted by atomic mass is 9.89. The molecule has 1 fully saturated rings. The fourth-order valence-corrected chi connectivity index (χ4v) is 3.61. The second kappa shape index (κ2) is 7.00. The SMILES string of the molecule is Cc1oc2ccc(OCc3cccnc3O)c(C3COCC3(F)F)c2c1C(N)=O. The number of aromatic nitrogens is 1. The Kier molecular flexibility index (Phi) is 4.62. The summed E-state index contributed by atoms with van der Waals surface area (Å²) in [4.78, 5) is 15.8. The van der Waals surface area contributed by atoms with E-state index in [-0.39, 0.29) is 52.7 Å². The van der Waals surface area contributed by atoms with Gasteiger partial charge in [0, 0.05) is 17.1 Å². The lowest BCUT2D eigenvalue weighted by Gasteiger charge is -2.21. The van der Waals surface area contributed by atoms with Crippen LogP contribution in [0.5, 0.6) is 11.6 Å². The quantitative estimate of drug-likeness (QED) is 0.676. The number of alkyl halides is 2. The highest BCUT2D eigenvalue weighted by atomic mass is 19.3. The number of aryl methyl sites for hydroxylation is 1. The number of rotatable bonds is 5. The van der Waals surface area contributed by atoms with E-state index in [1.807, 2.05) is 0 Å². The van der Waals surface area contributed by atoms with Crippen molar-refractivity contribution in [3.8, 4) is 11.6 Å². The van der Waals surface area contributed by atoms with Crippen LogP contribution in [-0.4, -0.2) is 35.1 Å². The van der Waals surface area contributed by atoms with Crippen LogP contribution in [0.3, 0.4) is 0 Å². The number of halogens is 2. The number of aromatic hydroxyl groups is 1. The Morgan fingerprint density at radius 3 is 2.86 bits per heavy atom. The number of carbonyl (C=O) groups is 1. The third-order valence-electron chi connectivity index (χ3n) is 4.97. The Morgan fingerprint density at radius 1 is 1.41 bits per heavy atom. The third-order valence-corrected chi connectivity index (χ3v) is 4.97. The number of fused-ring (bicyclic) bond motifs is 1. The molecular weight excluding hydrogens is 386 g/mol. The molecule has 1 saturated heterocycles. The van der Waals surface area contributed by atoms with Crippen molar-refractivity contribution in [2.75, 3.05) is 13.2 Å². The molecule has 7 nitrogen and oxygen atoms in total. The predicted molar refractivity (Wildman–Crippen MR) is 98.2 cm³/mol. The van der Waals surface area contributed by atoms with Crippen molar-refractivity contribution < 1.29 is 32.6 Å². The number of nitrogens with two attached hydrogens (primary N) is 1. The minimum absolute atomic E-state index is 0.0346. The number of amides is 1. The number of ether oxygens (including phenoxy) is 2. The molecule has 1 atom stereocenters. The van der Waals surface area contributed by atoms with E-state index in [1.165, 1.54) is 18.3 Å². The van der Waals surface area contributed by atoms with Crippen molar-refractivity contribution in [2.24, 2.45) is 5.73 Å². The van der Waals surface area contributed by atoms with Crippen LogP contribution in [0.1, 0.15) is 33.2 Å². The van der Waals surface area contributed by atoms with Gasteiger partial charge in [-0.25, -0.2) is 13.8 Å². The van der Waals surface area contributed by atoms with Gasteiger partial charge >= 0.3 is 0 Å². The molecule has 1 amide bonds. The van der Waals surface area contributed by atoms with E-state index in [0.717, 1.165) is 0 Å². The van der Waals surface area contributed by atoms with Crippen molar-refractivity contribution in [1.29, 1.82) is 0 Å². The first-order valence-corrected chi connectivity index (χ1v) is 8.86. The van der Waals surface area contributed by atoms with Crippen LogP contribution in [0.25, 0.3) is 11.0 Å². The number of furan rings is 1. The normalized spacial score (nSPS) is 18.2. The molecule has 4 rings (SSSR count). The molecule has 0 radical (unpaired) electrons. The average molecular weight is 404 g/mol. The van der Waals surface area contributed by atoms with Gasteiger partial charge in [0.05, 0.1) is 23.7 Å². The molecule has 0 spiro atoms. The van der Waals surface area contributed by atoms with Gasteiger partial charge in [-0.2, -0.15) is 0 Å². The molecule has 3 N–H and O–H groups in total. The van der Waals surface area contributed by atoms with Gasteiger partial charge in [0.15, 0.2) is 0 Å². The summed E-state index contributed by atoms with van der Waals surface area (Å²) in [6.07, 6.45) is 1.42. The maximum atomic E-state index is 14.6. The molecule has 1 aliphatic heterocycles. The van der Waals surface area contributed by atoms with Gasteiger partial charge in [-0.15, -0.1) is 0 Å². The first kappa shape index (κ1) is 19.1. The fraction of sp³-hybridized carbons (Fsp3) is 0.300. The third kappa shape index (κ3) is 3.27. The van der Waals surface area contributed by atoms with Crippen molar-refractivity contribution >= 4 is 16.9 Å². The van der Waals surface area contributed by atoms with Crippen LogP contribution in [0.2, 0.25) is 0 Å². The molecule has 152 valence electrons. The highest BCUT2D eigenvalue weighted by Crippen LogP contribution is 2.47. The Morgan fingerprint density at radius 2 is 2.21 bits per heavy atom. The Bertz CT molecular complexity index is 1100. The minimum atomic E-state index is -3.16. The van der Waals surface area contributed by atoms with Gasteiger partial charge in [0.2, 0.25) is 5.88 Å².